The lowest BCUT2D eigenvalue weighted by Gasteiger charge is -2.33. The summed E-state index contributed by atoms with van der Waals surface area (Å²) in [5.41, 5.74) is 0. The van der Waals surface area contributed by atoms with E-state index in [2.05, 4.69) is 10.6 Å². The molecule has 0 spiro atoms. The number of likely N-dealkylation sites (tertiary alicyclic amines) is 1. The quantitative estimate of drug-likeness (QED) is 0.523. The van der Waals surface area contributed by atoms with Crippen molar-refractivity contribution in [1.82, 2.24) is 15.5 Å². The molecule has 20 heavy (non-hydrogen) atoms. The number of carbonyl (C=O) groups excluding carboxylic acids is 2. The summed E-state index contributed by atoms with van der Waals surface area (Å²) < 4.78 is 5.10. The number of ether oxygens (including phenoxy) is 1. The molecule has 2 heterocycles. The Labute approximate surface area is 120 Å². The first-order chi connectivity index (χ1) is 9.76. The Hall–Kier alpha value is -0.980. The molecule has 0 aromatic heterocycles. The minimum atomic E-state index is -0.392. The first-order valence-electron chi connectivity index (χ1n) is 7.60. The van der Waals surface area contributed by atoms with Crippen molar-refractivity contribution in [2.45, 2.75) is 50.9 Å². The Morgan fingerprint density at radius 1 is 1.50 bits per heavy atom. The van der Waals surface area contributed by atoms with E-state index in [1.165, 1.54) is 0 Å². The van der Waals surface area contributed by atoms with Gasteiger partial charge in [-0.05, 0) is 39.2 Å². The highest BCUT2D eigenvalue weighted by Gasteiger charge is 2.37. The van der Waals surface area contributed by atoms with Crippen molar-refractivity contribution in [3.8, 4) is 0 Å². The third-order valence-corrected chi connectivity index (χ3v) is 4.04. The van der Waals surface area contributed by atoms with Crippen LogP contribution in [0.25, 0.3) is 0 Å². The van der Waals surface area contributed by atoms with Gasteiger partial charge in [0, 0.05) is 19.1 Å². The van der Waals surface area contributed by atoms with E-state index in [0.717, 1.165) is 51.6 Å². The molecule has 2 N–H and O–H groups in total. The molecule has 0 aliphatic carbocycles. The minimum Gasteiger partial charge on any atom is -0.465 e. The molecule has 2 fully saturated rings. The van der Waals surface area contributed by atoms with Gasteiger partial charge in [-0.25, -0.2) is 0 Å². The van der Waals surface area contributed by atoms with E-state index >= 15 is 0 Å². The first-order valence-corrected chi connectivity index (χ1v) is 7.60. The van der Waals surface area contributed by atoms with Crippen LogP contribution in [0.1, 0.15) is 32.6 Å². The van der Waals surface area contributed by atoms with Gasteiger partial charge in [-0.15, -0.1) is 0 Å². The third kappa shape index (κ3) is 3.77. The molecule has 114 valence electrons. The lowest BCUT2D eigenvalue weighted by atomic mass is 10.1. The molecule has 0 aromatic carbocycles. The third-order valence-electron chi connectivity index (χ3n) is 4.04. The van der Waals surface area contributed by atoms with Crippen molar-refractivity contribution in [3.63, 3.8) is 0 Å². The number of hydrogen-bond acceptors (Lipinski definition) is 6. The van der Waals surface area contributed by atoms with E-state index in [-0.39, 0.29) is 12.0 Å². The Morgan fingerprint density at radius 2 is 2.35 bits per heavy atom. The summed E-state index contributed by atoms with van der Waals surface area (Å²) in [6.45, 7) is 4.87. The standard InChI is InChI=1S/C14H25N3O3/c1-2-20-14(19)12-6-4-8-17(12)13(10-18)16-11-5-3-7-15-9-11/h10-13,15-16H,2-9H2,1H3. The van der Waals surface area contributed by atoms with Gasteiger partial charge in [0.25, 0.3) is 0 Å². The zero-order valence-corrected chi connectivity index (χ0v) is 12.1. The van der Waals surface area contributed by atoms with Gasteiger partial charge in [-0.1, -0.05) is 0 Å². The van der Waals surface area contributed by atoms with Crippen LogP contribution in [0.2, 0.25) is 0 Å². The fourth-order valence-electron chi connectivity index (χ4n) is 3.06. The molecular formula is C14H25N3O3. The van der Waals surface area contributed by atoms with Gasteiger partial charge in [-0.3, -0.25) is 15.0 Å². The lowest BCUT2D eigenvalue weighted by Crippen LogP contribution is -2.57. The summed E-state index contributed by atoms with van der Waals surface area (Å²) in [6.07, 6.45) is 4.40. The number of nitrogens with one attached hydrogen (secondary N) is 2. The largest absolute Gasteiger partial charge is 0.465 e. The van der Waals surface area contributed by atoms with Gasteiger partial charge in [0.15, 0.2) is 6.29 Å². The summed E-state index contributed by atoms with van der Waals surface area (Å²) >= 11 is 0. The predicted octanol–water partition coefficient (Wildman–Crippen LogP) is -0.119. The van der Waals surface area contributed by atoms with E-state index < -0.39 is 6.17 Å². The Kier molecular flexibility index (Phi) is 5.94. The highest BCUT2D eigenvalue weighted by molar-refractivity contribution is 5.77. The highest BCUT2D eigenvalue weighted by Crippen LogP contribution is 2.20. The van der Waals surface area contributed by atoms with E-state index in [1.54, 1.807) is 6.92 Å². The van der Waals surface area contributed by atoms with Gasteiger partial charge in [0.2, 0.25) is 0 Å². The van der Waals surface area contributed by atoms with Crippen LogP contribution < -0.4 is 10.6 Å². The molecule has 2 rings (SSSR count). The molecule has 0 bridgehead atoms. The summed E-state index contributed by atoms with van der Waals surface area (Å²) in [4.78, 5) is 25.3. The SMILES string of the molecule is CCOC(=O)C1CCCN1C(C=O)NC1CCCNC1. The van der Waals surface area contributed by atoms with E-state index in [0.29, 0.717) is 12.6 Å². The lowest BCUT2D eigenvalue weighted by molar-refractivity contribution is -0.149. The predicted molar refractivity (Wildman–Crippen MR) is 75.2 cm³/mol. The van der Waals surface area contributed by atoms with Crippen molar-refractivity contribution in [2.24, 2.45) is 0 Å². The van der Waals surface area contributed by atoms with Gasteiger partial charge in [-0.2, -0.15) is 0 Å². The number of aldehydes is 1. The van der Waals surface area contributed by atoms with Crippen LogP contribution in [-0.4, -0.2) is 61.6 Å². The molecule has 3 atom stereocenters. The van der Waals surface area contributed by atoms with E-state index in [1.807, 2.05) is 4.90 Å². The van der Waals surface area contributed by atoms with Gasteiger partial charge in [0.05, 0.1) is 6.61 Å². The maximum atomic E-state index is 11.9. The van der Waals surface area contributed by atoms with Crippen molar-refractivity contribution in [3.05, 3.63) is 0 Å². The molecule has 0 aromatic rings. The highest BCUT2D eigenvalue weighted by atomic mass is 16.5. The average molecular weight is 283 g/mol. The van der Waals surface area contributed by atoms with Crippen molar-refractivity contribution < 1.29 is 14.3 Å². The number of carbonyl (C=O) groups is 2. The van der Waals surface area contributed by atoms with Gasteiger partial charge < -0.3 is 14.8 Å². The molecule has 0 saturated carbocycles. The number of piperidine rings is 1. The maximum Gasteiger partial charge on any atom is 0.323 e. The molecule has 2 aliphatic heterocycles. The topological polar surface area (TPSA) is 70.7 Å². The number of esters is 1. The molecule has 0 radical (unpaired) electrons. The molecule has 6 heteroatoms. The van der Waals surface area contributed by atoms with Crippen molar-refractivity contribution in [1.29, 1.82) is 0 Å². The Morgan fingerprint density at radius 3 is 3.00 bits per heavy atom. The smallest absolute Gasteiger partial charge is 0.323 e. The molecule has 0 amide bonds. The zero-order chi connectivity index (χ0) is 14.4. The monoisotopic (exact) mass is 283 g/mol. The normalized spacial score (nSPS) is 29.1. The first kappa shape index (κ1) is 15.4. The Bertz CT molecular complexity index is 332. The minimum absolute atomic E-state index is 0.208. The molecular weight excluding hydrogens is 258 g/mol. The zero-order valence-electron chi connectivity index (χ0n) is 12.1. The van der Waals surface area contributed by atoms with Crippen molar-refractivity contribution >= 4 is 12.3 Å². The van der Waals surface area contributed by atoms with Crippen LogP contribution >= 0.6 is 0 Å². The summed E-state index contributed by atoms with van der Waals surface area (Å²) in [5, 5.41) is 6.68. The molecule has 6 nitrogen and oxygen atoms in total. The van der Waals surface area contributed by atoms with E-state index in [9.17, 15) is 9.59 Å². The second kappa shape index (κ2) is 7.71. The fraction of sp³-hybridized carbons (Fsp3) is 0.857. The van der Waals surface area contributed by atoms with Crippen LogP contribution in [-0.2, 0) is 14.3 Å². The van der Waals surface area contributed by atoms with Crippen molar-refractivity contribution in [2.75, 3.05) is 26.2 Å². The molecule has 2 saturated heterocycles. The van der Waals surface area contributed by atoms with Crippen LogP contribution in [0.4, 0.5) is 0 Å². The Balaban J connectivity index is 1.94. The molecule has 2 aliphatic rings. The second-order valence-corrected chi connectivity index (χ2v) is 5.44. The average Bonchev–Trinajstić information content (AvgIpc) is 2.95. The number of rotatable bonds is 6. The summed E-state index contributed by atoms with van der Waals surface area (Å²) in [7, 11) is 0. The maximum absolute atomic E-state index is 11.9. The van der Waals surface area contributed by atoms with Crippen LogP contribution in [0.5, 0.6) is 0 Å². The van der Waals surface area contributed by atoms with Crippen LogP contribution in [0, 0.1) is 0 Å². The number of nitrogens with zero attached hydrogens (tertiary/aromatic N) is 1. The van der Waals surface area contributed by atoms with Crippen LogP contribution in [0.3, 0.4) is 0 Å². The summed E-state index contributed by atoms with van der Waals surface area (Å²) in [5.74, 6) is -0.208. The van der Waals surface area contributed by atoms with E-state index in [4.69, 9.17) is 4.74 Å². The van der Waals surface area contributed by atoms with Crippen LogP contribution in [0.15, 0.2) is 0 Å². The second-order valence-electron chi connectivity index (χ2n) is 5.44. The molecule has 3 unspecified atom stereocenters. The summed E-state index contributed by atoms with van der Waals surface area (Å²) in [6, 6.07) is 0.0107. The van der Waals surface area contributed by atoms with Gasteiger partial charge in [0.1, 0.15) is 12.2 Å². The fourth-order valence-corrected chi connectivity index (χ4v) is 3.06. The van der Waals surface area contributed by atoms with Gasteiger partial charge >= 0.3 is 5.97 Å². The number of hydrogen-bond donors (Lipinski definition) is 2.